The Bertz CT molecular complexity index is 929. The number of rotatable bonds is 7. The summed E-state index contributed by atoms with van der Waals surface area (Å²) in [5, 5.41) is 36.3. The summed E-state index contributed by atoms with van der Waals surface area (Å²) in [5.41, 5.74) is 3.23. The topological polar surface area (TPSA) is 172 Å². The molecule has 1 aromatic carbocycles. The molecule has 0 spiro atoms. The molecule has 3 aliphatic rings. The summed E-state index contributed by atoms with van der Waals surface area (Å²) < 4.78 is 15.6. The van der Waals surface area contributed by atoms with Crippen LogP contribution in [0.5, 0.6) is 5.75 Å². The molecule has 0 aromatic heterocycles. The third kappa shape index (κ3) is 6.26. The van der Waals surface area contributed by atoms with E-state index in [1.54, 1.807) is 13.8 Å². The number of aliphatic hydroxyl groups is 2. The maximum Gasteiger partial charge on any atom is 0.511 e. The number of carboxylic acids is 2. The van der Waals surface area contributed by atoms with Crippen LogP contribution in [0.1, 0.15) is 57.1 Å². The van der Waals surface area contributed by atoms with Gasteiger partial charge in [0.05, 0.1) is 6.10 Å². The highest BCUT2D eigenvalue weighted by atomic mass is 16.8. The lowest BCUT2D eigenvalue weighted by Gasteiger charge is -2.56. The van der Waals surface area contributed by atoms with Crippen molar-refractivity contribution in [1.82, 2.24) is 5.32 Å². The molecule has 5 atom stereocenters. The molecule has 2 bridgehead atoms. The van der Waals surface area contributed by atoms with Gasteiger partial charge in [-0.1, -0.05) is 18.9 Å². The summed E-state index contributed by atoms with van der Waals surface area (Å²) in [6.45, 7) is 4.57. The minimum atomic E-state index is -2.27. The molecule has 4 rings (SSSR count). The van der Waals surface area contributed by atoms with Crippen molar-refractivity contribution in [3.63, 3.8) is 0 Å². The van der Waals surface area contributed by atoms with Crippen molar-refractivity contribution < 1.29 is 49.0 Å². The van der Waals surface area contributed by atoms with Crippen LogP contribution < -0.4 is 10.1 Å². The minimum Gasteiger partial charge on any atom is -0.479 e. The van der Waals surface area contributed by atoms with Crippen LogP contribution in [0.25, 0.3) is 0 Å². The van der Waals surface area contributed by atoms with E-state index in [1.165, 1.54) is 43.2 Å². The molecule has 1 heterocycles. The second-order valence-corrected chi connectivity index (χ2v) is 9.73. The number of hydrogen-bond donors (Lipinski definition) is 5. The van der Waals surface area contributed by atoms with Crippen LogP contribution in [0.4, 0.5) is 4.79 Å². The molecule has 11 heteroatoms. The number of carboxylic acid groups (broad SMARTS) is 2. The standard InChI is InChI=1S/C21H29NO4.C4H6O6/c1-14(2)26-20(23)25-13-24-16-7-6-15-11-19-17-5-3-4-8-21(17,9-10-22-19)18(15)12-16;5-1(3(7)8)2(6)4(9)10/h6-7,12,14,17,19,22H,3-5,8-11,13H2,1-2H3;1-2,5-6H,(H,7,8)(H,9,10)/t17-,19+,21-;1-,2-/m11/s1. The molecule has 1 aliphatic heterocycles. The third-order valence-electron chi connectivity index (χ3n) is 7.16. The van der Waals surface area contributed by atoms with Crippen molar-refractivity contribution in [2.75, 3.05) is 13.3 Å². The molecule has 200 valence electrons. The van der Waals surface area contributed by atoms with Crippen LogP contribution in [-0.4, -0.2) is 76.2 Å². The molecule has 1 aromatic rings. The molecule has 11 nitrogen and oxygen atoms in total. The van der Waals surface area contributed by atoms with Crippen molar-refractivity contribution in [1.29, 1.82) is 0 Å². The summed E-state index contributed by atoms with van der Waals surface area (Å²) >= 11 is 0. The summed E-state index contributed by atoms with van der Waals surface area (Å²) in [5.74, 6) is -2.02. The van der Waals surface area contributed by atoms with Gasteiger partial charge in [-0.15, -0.1) is 0 Å². The number of aliphatic hydroxyl groups excluding tert-OH is 2. The Morgan fingerprint density at radius 3 is 2.42 bits per heavy atom. The number of benzene rings is 1. The molecule has 5 N–H and O–H groups in total. The van der Waals surface area contributed by atoms with E-state index < -0.39 is 30.3 Å². The van der Waals surface area contributed by atoms with Gasteiger partial charge in [-0.2, -0.15) is 0 Å². The van der Waals surface area contributed by atoms with Gasteiger partial charge in [-0.05, 0) is 75.3 Å². The summed E-state index contributed by atoms with van der Waals surface area (Å²) in [6.07, 6.45) is 2.18. The fourth-order valence-corrected chi connectivity index (χ4v) is 5.64. The van der Waals surface area contributed by atoms with Crippen molar-refractivity contribution in [3.8, 4) is 5.75 Å². The lowest BCUT2D eigenvalue weighted by Crippen LogP contribution is -2.59. The maximum absolute atomic E-state index is 11.5. The summed E-state index contributed by atoms with van der Waals surface area (Å²) in [6, 6.07) is 7.01. The highest BCUT2D eigenvalue weighted by molar-refractivity contribution is 5.83. The van der Waals surface area contributed by atoms with Gasteiger partial charge < -0.3 is 40.0 Å². The zero-order chi connectivity index (χ0) is 26.5. The average Bonchev–Trinajstić information content (AvgIpc) is 2.83. The Hall–Kier alpha value is -2.89. The van der Waals surface area contributed by atoms with E-state index >= 15 is 0 Å². The van der Waals surface area contributed by atoms with Crippen molar-refractivity contribution in [2.24, 2.45) is 5.92 Å². The largest absolute Gasteiger partial charge is 0.511 e. The van der Waals surface area contributed by atoms with Crippen LogP contribution in [0.2, 0.25) is 0 Å². The van der Waals surface area contributed by atoms with Gasteiger partial charge in [0.15, 0.2) is 12.2 Å². The zero-order valence-electron chi connectivity index (χ0n) is 20.5. The Morgan fingerprint density at radius 2 is 1.78 bits per heavy atom. The van der Waals surface area contributed by atoms with Crippen molar-refractivity contribution in [3.05, 3.63) is 29.3 Å². The number of fused-ring (bicyclic) bond motifs is 1. The molecule has 2 aliphatic carbocycles. The number of carbonyl (C=O) groups is 3. The summed E-state index contributed by atoms with van der Waals surface area (Å²) in [4.78, 5) is 31.0. The van der Waals surface area contributed by atoms with Gasteiger partial charge in [-0.25, -0.2) is 14.4 Å². The predicted octanol–water partition coefficient (Wildman–Crippen LogP) is 1.81. The van der Waals surface area contributed by atoms with Gasteiger partial charge >= 0.3 is 18.1 Å². The first-order valence-electron chi connectivity index (χ1n) is 12.2. The van der Waals surface area contributed by atoms with Gasteiger partial charge in [0.1, 0.15) is 5.75 Å². The monoisotopic (exact) mass is 509 g/mol. The molecule has 36 heavy (non-hydrogen) atoms. The molecule has 2 fully saturated rings. The van der Waals surface area contributed by atoms with E-state index in [1.807, 2.05) is 6.07 Å². The SMILES string of the molecule is CC(C)OC(=O)OCOc1ccc2c(c1)[C@@]13CCCC[C@@H]1[C@H](C2)NCC3.O=C(O)[C@H](O)[C@@H](O)C(=O)O. The van der Waals surface area contributed by atoms with Gasteiger partial charge in [-0.3, -0.25) is 0 Å². The minimum absolute atomic E-state index is 0.120. The third-order valence-corrected chi connectivity index (χ3v) is 7.16. The highest BCUT2D eigenvalue weighted by Crippen LogP contribution is 2.54. The molecular weight excluding hydrogens is 474 g/mol. The Balaban J connectivity index is 0.000000308. The molecule has 1 saturated heterocycles. The van der Waals surface area contributed by atoms with E-state index in [0.29, 0.717) is 11.5 Å². The van der Waals surface area contributed by atoms with Crippen LogP contribution in [-0.2, 0) is 30.9 Å². The van der Waals surface area contributed by atoms with E-state index in [2.05, 4.69) is 17.4 Å². The normalized spacial score (nSPS) is 25.7. The molecule has 0 unspecified atom stereocenters. The van der Waals surface area contributed by atoms with Crippen molar-refractivity contribution in [2.45, 2.75) is 82.1 Å². The average molecular weight is 510 g/mol. The Labute approximate surface area is 209 Å². The van der Waals surface area contributed by atoms with E-state index in [0.717, 1.165) is 24.6 Å². The van der Waals surface area contributed by atoms with Crippen LogP contribution in [0.15, 0.2) is 18.2 Å². The molecule has 1 saturated carbocycles. The van der Waals surface area contributed by atoms with Crippen LogP contribution in [0, 0.1) is 5.92 Å². The van der Waals surface area contributed by atoms with Crippen LogP contribution in [0.3, 0.4) is 0 Å². The fourth-order valence-electron chi connectivity index (χ4n) is 5.64. The number of hydrogen-bond acceptors (Lipinski definition) is 9. The first-order valence-corrected chi connectivity index (χ1v) is 12.2. The van der Waals surface area contributed by atoms with E-state index in [4.69, 9.17) is 34.6 Å². The second kappa shape index (κ2) is 11.9. The molecule has 0 radical (unpaired) electrons. The van der Waals surface area contributed by atoms with Gasteiger partial charge in [0.25, 0.3) is 0 Å². The lowest BCUT2D eigenvalue weighted by molar-refractivity contribution is -0.165. The first-order chi connectivity index (χ1) is 17.0. The van der Waals surface area contributed by atoms with Gasteiger partial charge in [0, 0.05) is 11.5 Å². The van der Waals surface area contributed by atoms with Crippen molar-refractivity contribution >= 4 is 18.1 Å². The molecule has 0 amide bonds. The number of piperidine rings is 1. The number of aliphatic carboxylic acids is 2. The summed E-state index contributed by atoms with van der Waals surface area (Å²) in [7, 11) is 0. The number of carbonyl (C=O) groups excluding carboxylic acids is 1. The van der Waals surface area contributed by atoms with Gasteiger partial charge in [0.2, 0.25) is 6.79 Å². The predicted molar refractivity (Wildman–Crippen MR) is 126 cm³/mol. The quantitative estimate of drug-likeness (QED) is 0.268. The first kappa shape index (κ1) is 27.7. The smallest absolute Gasteiger partial charge is 0.479 e. The number of nitrogens with one attached hydrogen (secondary N) is 1. The second-order valence-electron chi connectivity index (χ2n) is 9.73. The van der Waals surface area contributed by atoms with E-state index in [-0.39, 0.29) is 12.9 Å². The Kier molecular flexibility index (Phi) is 9.15. The van der Waals surface area contributed by atoms with Crippen LogP contribution >= 0.6 is 0 Å². The zero-order valence-corrected chi connectivity index (χ0v) is 20.5. The molecular formula is C25H35NO10. The highest BCUT2D eigenvalue weighted by Gasteiger charge is 2.51. The van der Waals surface area contributed by atoms with E-state index in [9.17, 15) is 14.4 Å². The maximum atomic E-state index is 11.5. The number of ether oxygens (including phenoxy) is 3. The lowest BCUT2D eigenvalue weighted by atomic mass is 9.53. The Morgan fingerprint density at radius 1 is 1.08 bits per heavy atom. The fraction of sp³-hybridized carbons (Fsp3) is 0.640.